The van der Waals surface area contributed by atoms with Crippen LogP contribution in [-0.4, -0.2) is 27.2 Å². The lowest BCUT2D eigenvalue weighted by Crippen LogP contribution is -2.15. The van der Waals surface area contributed by atoms with Gasteiger partial charge in [0.25, 0.3) is 5.91 Å². The third-order valence-corrected chi connectivity index (χ3v) is 3.50. The maximum Gasteiger partial charge on any atom is 0.267 e. The average Bonchev–Trinajstić information content (AvgIpc) is 2.68. The van der Waals surface area contributed by atoms with Crippen molar-refractivity contribution in [3.63, 3.8) is 0 Å². The first-order valence-electron chi connectivity index (χ1n) is 7.66. The Hall–Kier alpha value is -3.66. The van der Waals surface area contributed by atoms with Crippen LogP contribution in [0, 0.1) is 11.3 Å². The Kier molecular flexibility index (Phi) is 6.46. The van der Waals surface area contributed by atoms with Crippen molar-refractivity contribution in [2.45, 2.75) is 0 Å². The highest BCUT2D eigenvalue weighted by molar-refractivity contribution is 6.07. The molecule has 1 amide bonds. The van der Waals surface area contributed by atoms with E-state index in [1.807, 2.05) is 6.07 Å². The van der Waals surface area contributed by atoms with Gasteiger partial charge in [-0.3, -0.25) is 4.79 Å². The molecule has 2 rings (SSSR count). The number of methoxy groups -OCH3 is 3. The van der Waals surface area contributed by atoms with E-state index in [9.17, 15) is 10.1 Å². The summed E-state index contributed by atoms with van der Waals surface area (Å²) in [7, 11) is 4.57. The minimum atomic E-state index is -0.558. The molecule has 0 heterocycles. The fraction of sp³-hybridized carbons (Fsp3) is 0.158. The lowest BCUT2D eigenvalue weighted by molar-refractivity contribution is -0.112. The number of ether oxygens (including phenoxy) is 3. The van der Waals surface area contributed by atoms with Gasteiger partial charge in [-0.1, -0.05) is 12.1 Å². The zero-order chi connectivity index (χ0) is 18.9. The molecule has 0 saturated carbocycles. The lowest BCUT2D eigenvalue weighted by atomic mass is 10.2. The van der Waals surface area contributed by atoms with Crippen molar-refractivity contribution in [3.05, 3.63) is 54.2 Å². The Morgan fingerprint density at radius 2 is 1.73 bits per heavy atom. The quantitative estimate of drug-likeness (QED) is 0.587. The summed E-state index contributed by atoms with van der Waals surface area (Å²) in [6.45, 7) is 0. The van der Waals surface area contributed by atoms with E-state index in [-0.39, 0.29) is 5.57 Å². The number of carbonyl (C=O) groups is 1. The molecule has 0 spiro atoms. The minimum absolute atomic E-state index is 0.103. The van der Waals surface area contributed by atoms with Crippen LogP contribution >= 0.6 is 0 Å². The molecule has 0 aliphatic rings. The molecule has 0 radical (unpaired) electrons. The largest absolute Gasteiger partial charge is 0.497 e. The summed E-state index contributed by atoms with van der Waals surface area (Å²) >= 11 is 0. The summed E-state index contributed by atoms with van der Waals surface area (Å²) in [5, 5.41) is 14.8. The maximum absolute atomic E-state index is 12.3. The molecule has 7 heteroatoms. The van der Waals surface area contributed by atoms with E-state index in [2.05, 4.69) is 10.6 Å². The molecule has 0 saturated heterocycles. The zero-order valence-corrected chi connectivity index (χ0v) is 14.7. The molecule has 2 N–H and O–H groups in total. The van der Waals surface area contributed by atoms with Gasteiger partial charge >= 0.3 is 0 Å². The van der Waals surface area contributed by atoms with Crippen LogP contribution in [0.5, 0.6) is 17.2 Å². The molecule has 0 aliphatic heterocycles. The molecular formula is C19H19N3O4. The highest BCUT2D eigenvalue weighted by Crippen LogP contribution is 2.29. The average molecular weight is 353 g/mol. The van der Waals surface area contributed by atoms with Crippen molar-refractivity contribution in [3.8, 4) is 23.3 Å². The number of amides is 1. The van der Waals surface area contributed by atoms with Gasteiger partial charge in [0, 0.05) is 12.3 Å². The zero-order valence-electron chi connectivity index (χ0n) is 14.7. The fourth-order valence-corrected chi connectivity index (χ4v) is 2.15. The summed E-state index contributed by atoms with van der Waals surface area (Å²) in [5.41, 5.74) is 0.961. The van der Waals surface area contributed by atoms with Crippen molar-refractivity contribution >= 4 is 17.3 Å². The molecule has 0 bridgehead atoms. The minimum Gasteiger partial charge on any atom is -0.497 e. The number of carbonyl (C=O) groups excluding carboxylic acids is 1. The topological polar surface area (TPSA) is 92.6 Å². The molecule has 2 aromatic rings. The van der Waals surface area contributed by atoms with E-state index < -0.39 is 5.91 Å². The van der Waals surface area contributed by atoms with Gasteiger partial charge < -0.3 is 24.8 Å². The normalized spacial score (nSPS) is 10.5. The molecule has 0 aliphatic carbocycles. The highest BCUT2D eigenvalue weighted by Gasteiger charge is 2.12. The van der Waals surface area contributed by atoms with E-state index in [0.29, 0.717) is 28.6 Å². The number of nitrogens with one attached hydrogen (secondary N) is 2. The number of benzene rings is 2. The Labute approximate surface area is 151 Å². The van der Waals surface area contributed by atoms with Crippen LogP contribution in [0.2, 0.25) is 0 Å². The number of nitrogens with zero attached hydrogens (tertiary/aromatic N) is 1. The predicted molar refractivity (Wildman–Crippen MR) is 98.5 cm³/mol. The van der Waals surface area contributed by atoms with Crippen LogP contribution in [-0.2, 0) is 4.79 Å². The van der Waals surface area contributed by atoms with Crippen molar-refractivity contribution in [2.75, 3.05) is 32.0 Å². The summed E-state index contributed by atoms with van der Waals surface area (Å²) in [6.07, 6.45) is 1.31. The molecule has 0 atom stereocenters. The third kappa shape index (κ3) is 4.45. The first-order chi connectivity index (χ1) is 12.6. The second-order valence-electron chi connectivity index (χ2n) is 5.03. The van der Waals surface area contributed by atoms with Crippen molar-refractivity contribution < 1.29 is 19.0 Å². The molecule has 7 nitrogen and oxygen atoms in total. The first-order valence-corrected chi connectivity index (χ1v) is 7.66. The lowest BCUT2D eigenvalue weighted by Gasteiger charge is -2.11. The van der Waals surface area contributed by atoms with Gasteiger partial charge in [0.15, 0.2) is 0 Å². The van der Waals surface area contributed by atoms with Crippen LogP contribution in [0.25, 0.3) is 0 Å². The van der Waals surface area contributed by atoms with Crippen molar-refractivity contribution in [2.24, 2.45) is 0 Å². The number of rotatable bonds is 7. The van der Waals surface area contributed by atoms with Crippen LogP contribution < -0.4 is 24.8 Å². The molecule has 0 aromatic heterocycles. The maximum atomic E-state index is 12.3. The smallest absolute Gasteiger partial charge is 0.267 e. The Morgan fingerprint density at radius 1 is 1.00 bits per heavy atom. The standard InChI is InChI=1S/C19H19N3O4/c1-24-14-8-9-15(18(10-14)26-3)21-12-13(11-20)19(23)22-16-6-4-5-7-17(16)25-2/h4-10,12,21H,1-3H3,(H,22,23)/b13-12-. The molecule has 134 valence electrons. The van der Waals surface area contributed by atoms with Gasteiger partial charge in [0.1, 0.15) is 28.9 Å². The Bertz CT molecular complexity index is 856. The van der Waals surface area contributed by atoms with Crippen molar-refractivity contribution in [1.82, 2.24) is 0 Å². The van der Waals surface area contributed by atoms with E-state index in [1.54, 1.807) is 49.6 Å². The number of para-hydroxylation sites is 2. The van der Waals surface area contributed by atoms with Gasteiger partial charge in [0.05, 0.1) is 32.7 Å². The predicted octanol–water partition coefficient (Wildman–Crippen LogP) is 3.17. The van der Waals surface area contributed by atoms with Gasteiger partial charge in [-0.05, 0) is 24.3 Å². The summed E-state index contributed by atoms with van der Waals surface area (Å²) in [6, 6.07) is 14.0. The van der Waals surface area contributed by atoms with E-state index in [1.165, 1.54) is 20.4 Å². The van der Waals surface area contributed by atoms with Gasteiger partial charge in [-0.15, -0.1) is 0 Å². The third-order valence-electron chi connectivity index (χ3n) is 3.50. The van der Waals surface area contributed by atoms with Gasteiger partial charge in [0.2, 0.25) is 0 Å². The van der Waals surface area contributed by atoms with Crippen LogP contribution in [0.1, 0.15) is 0 Å². The number of anilines is 2. The molecule has 0 fully saturated rings. The van der Waals surface area contributed by atoms with E-state index >= 15 is 0 Å². The fourth-order valence-electron chi connectivity index (χ4n) is 2.15. The number of nitriles is 1. The Morgan fingerprint density at radius 3 is 2.38 bits per heavy atom. The monoisotopic (exact) mass is 353 g/mol. The van der Waals surface area contributed by atoms with Crippen LogP contribution in [0.4, 0.5) is 11.4 Å². The number of hydrogen-bond donors (Lipinski definition) is 2. The SMILES string of the molecule is COc1ccc(N/C=C(/C#N)C(=O)Nc2ccccc2OC)c(OC)c1. The summed E-state index contributed by atoms with van der Waals surface area (Å²) in [5.74, 6) is 1.09. The van der Waals surface area contributed by atoms with E-state index in [4.69, 9.17) is 14.2 Å². The van der Waals surface area contributed by atoms with Gasteiger partial charge in [-0.2, -0.15) is 5.26 Å². The molecular weight excluding hydrogens is 334 g/mol. The van der Waals surface area contributed by atoms with Gasteiger partial charge in [-0.25, -0.2) is 0 Å². The molecule has 2 aromatic carbocycles. The summed E-state index contributed by atoms with van der Waals surface area (Å²) < 4.78 is 15.6. The number of hydrogen-bond acceptors (Lipinski definition) is 6. The highest BCUT2D eigenvalue weighted by atomic mass is 16.5. The van der Waals surface area contributed by atoms with Crippen LogP contribution in [0.3, 0.4) is 0 Å². The van der Waals surface area contributed by atoms with E-state index in [0.717, 1.165) is 0 Å². The first kappa shape index (κ1) is 18.7. The summed E-state index contributed by atoms with van der Waals surface area (Å²) in [4.78, 5) is 12.3. The molecule has 26 heavy (non-hydrogen) atoms. The van der Waals surface area contributed by atoms with Crippen molar-refractivity contribution in [1.29, 1.82) is 5.26 Å². The second-order valence-corrected chi connectivity index (χ2v) is 5.03. The second kappa shape index (κ2) is 8.99. The molecule has 0 unspecified atom stereocenters. The van der Waals surface area contributed by atoms with Crippen LogP contribution in [0.15, 0.2) is 54.2 Å². The Balaban J connectivity index is 2.17.